The van der Waals surface area contributed by atoms with Crippen molar-refractivity contribution < 1.29 is 34.8 Å². The van der Waals surface area contributed by atoms with Crippen LogP contribution >= 0.6 is 0 Å². The van der Waals surface area contributed by atoms with Crippen LogP contribution in [0.25, 0.3) is 94.2 Å². The van der Waals surface area contributed by atoms with Crippen LogP contribution in [0, 0.1) is 18.5 Å². The molecule has 12 aromatic rings. The molecule has 0 aliphatic rings. The number of ether oxygens (including phenoxy) is 1. The molecule has 292 valence electrons. The Balaban J connectivity index is 0.00000420. The third-order valence-corrected chi connectivity index (χ3v) is 11.2. The molecule has 0 fully saturated rings. The van der Waals surface area contributed by atoms with Crippen molar-refractivity contribution in [3.63, 3.8) is 0 Å². The predicted octanol–water partition coefficient (Wildman–Crippen LogP) is 12.8. The minimum atomic E-state index is 0. The molecule has 61 heavy (non-hydrogen) atoms. The Morgan fingerprint density at radius 1 is 0.525 bits per heavy atom. The minimum absolute atomic E-state index is 0. The Morgan fingerprint density at radius 2 is 1.18 bits per heavy atom. The molecule has 7 heteroatoms. The Kier molecular flexibility index (Phi) is 8.95. The summed E-state index contributed by atoms with van der Waals surface area (Å²) in [5, 5.41) is 4.22. The summed E-state index contributed by atoms with van der Waals surface area (Å²) < 4.78 is 19.1. The molecule has 0 aliphatic carbocycles. The zero-order valence-corrected chi connectivity index (χ0v) is 34.7. The van der Waals surface area contributed by atoms with E-state index in [0.29, 0.717) is 11.5 Å². The number of hydrogen-bond donors (Lipinski definition) is 0. The van der Waals surface area contributed by atoms with Crippen LogP contribution in [-0.4, -0.2) is 14.1 Å². The monoisotopic (exact) mass is 963 g/mol. The third kappa shape index (κ3) is 6.15. The van der Waals surface area contributed by atoms with Crippen LogP contribution in [0.3, 0.4) is 0 Å². The molecule has 0 amide bonds. The fourth-order valence-electron chi connectivity index (χ4n) is 8.55. The van der Waals surface area contributed by atoms with Gasteiger partial charge in [0.05, 0.1) is 22.9 Å². The summed E-state index contributed by atoms with van der Waals surface area (Å²) in [4.78, 5) is 4.89. The smallest absolute Gasteiger partial charge is 0.268 e. The van der Waals surface area contributed by atoms with Crippen molar-refractivity contribution in [3.8, 4) is 50.9 Å². The van der Waals surface area contributed by atoms with Crippen molar-refractivity contribution in [3.05, 3.63) is 213 Å². The number of nitrogens with zero attached hydrogens (tertiary/aromatic N) is 4. The second kappa shape index (κ2) is 14.9. The van der Waals surface area contributed by atoms with Gasteiger partial charge in [-0.2, -0.15) is 18.2 Å². The average molecular weight is 964 g/mol. The topological polar surface area (TPSA) is 49.0 Å². The predicted molar refractivity (Wildman–Crippen MR) is 238 cm³/mol. The molecule has 0 bridgehead atoms. The molecule has 0 saturated carbocycles. The number of fused-ring (bicyclic) bond motifs is 7. The summed E-state index contributed by atoms with van der Waals surface area (Å²) in [7, 11) is 0. The maximum Gasteiger partial charge on any atom is 0.268 e. The van der Waals surface area contributed by atoms with E-state index in [1.54, 1.807) is 6.20 Å². The Morgan fingerprint density at radius 3 is 1.97 bits per heavy atom. The van der Waals surface area contributed by atoms with E-state index < -0.39 is 0 Å². The Labute approximate surface area is 365 Å². The molecule has 6 nitrogen and oxygen atoms in total. The van der Waals surface area contributed by atoms with Gasteiger partial charge in [-0.25, -0.2) is 4.98 Å². The van der Waals surface area contributed by atoms with Crippen LogP contribution in [0.15, 0.2) is 199 Å². The van der Waals surface area contributed by atoms with E-state index >= 15 is 0 Å². The fraction of sp³-hybridized carbons (Fsp3) is 0. The third-order valence-electron chi connectivity index (χ3n) is 11.2. The molecule has 0 radical (unpaired) electrons. The molecule has 8 aromatic carbocycles. The standard InChI is InChI=1S/C54H32N4O2.Pt/c1-3-15-36(16-4-1)41-23-14-24-42(37-17-5-2-6-18-37)54(41)57-35-56(48-26-10-11-27-49(48)57)38-19-13-20-39(31-38)59-40-29-30-44-43-21-7-9-25-47(43)58(50(44)32-40)53-33-46-45-22-8-12-28-51(45)60-52(46)34-55-53;/h1-30,33-34H;/q-2;. The minimum Gasteiger partial charge on any atom is -0.510 e. The first-order valence-electron chi connectivity index (χ1n) is 19.9. The normalized spacial score (nSPS) is 11.5. The first-order valence-corrected chi connectivity index (χ1v) is 19.9. The van der Waals surface area contributed by atoms with E-state index in [9.17, 15) is 0 Å². The van der Waals surface area contributed by atoms with Gasteiger partial charge in [-0.15, -0.1) is 29.7 Å². The second-order valence-corrected chi connectivity index (χ2v) is 14.8. The maximum atomic E-state index is 6.61. The summed E-state index contributed by atoms with van der Waals surface area (Å²) in [5.41, 5.74) is 11.8. The summed E-state index contributed by atoms with van der Waals surface area (Å²) in [6, 6.07) is 71.7. The van der Waals surface area contributed by atoms with Crippen molar-refractivity contribution in [2.45, 2.75) is 0 Å². The molecule has 4 heterocycles. The maximum absolute atomic E-state index is 6.61. The van der Waals surface area contributed by atoms with Gasteiger partial charge in [-0.1, -0.05) is 145 Å². The molecule has 0 N–H and O–H groups in total. The van der Waals surface area contributed by atoms with Gasteiger partial charge in [0.2, 0.25) is 0 Å². The van der Waals surface area contributed by atoms with Gasteiger partial charge in [0.15, 0.2) is 5.58 Å². The molecular formula is C54H32N4O2Pt-2. The van der Waals surface area contributed by atoms with Crippen LogP contribution in [0.1, 0.15) is 0 Å². The quantitative estimate of drug-likeness (QED) is 0.118. The van der Waals surface area contributed by atoms with Gasteiger partial charge >= 0.3 is 0 Å². The van der Waals surface area contributed by atoms with Crippen molar-refractivity contribution >= 4 is 54.8 Å². The van der Waals surface area contributed by atoms with E-state index in [1.165, 1.54) is 0 Å². The van der Waals surface area contributed by atoms with E-state index in [4.69, 9.17) is 14.1 Å². The number of hydrogen-bond acceptors (Lipinski definition) is 3. The Bertz CT molecular complexity index is 3530. The number of pyridine rings is 1. The van der Waals surface area contributed by atoms with Crippen molar-refractivity contribution in [1.82, 2.24) is 14.1 Å². The van der Waals surface area contributed by atoms with Gasteiger partial charge < -0.3 is 18.3 Å². The SMILES string of the molecule is [Pt].[c-]1c(Oc2[c-]c3c(cc2)c2ccccc2n3-c2cc3c(cn2)oc2ccccc23)cccc1-n1[c-][n+](-c2c(-c3ccccc3)cccc2-c2ccccc2)c2ccccc21. The molecule has 0 saturated heterocycles. The zero-order valence-electron chi connectivity index (χ0n) is 32.4. The molecule has 0 unspecified atom stereocenters. The van der Waals surface area contributed by atoms with Crippen LogP contribution in [0.4, 0.5) is 0 Å². The second-order valence-electron chi connectivity index (χ2n) is 14.8. The molecule has 0 atom stereocenters. The largest absolute Gasteiger partial charge is 0.510 e. The summed E-state index contributed by atoms with van der Waals surface area (Å²) in [6.45, 7) is 0. The van der Waals surface area contributed by atoms with Crippen LogP contribution < -0.4 is 9.30 Å². The number of rotatable bonds is 7. The molecule has 4 aromatic heterocycles. The number of benzene rings is 8. The Hall–Kier alpha value is -7.53. The molecule has 0 aliphatic heterocycles. The van der Waals surface area contributed by atoms with E-state index in [2.05, 4.69) is 178 Å². The first kappa shape index (κ1) is 36.5. The number of para-hydroxylation sites is 5. The van der Waals surface area contributed by atoms with Gasteiger partial charge in [-0.3, -0.25) is 4.57 Å². The molecule has 12 rings (SSSR count). The summed E-state index contributed by atoms with van der Waals surface area (Å²) in [5.74, 6) is 1.90. The number of imidazole rings is 1. The van der Waals surface area contributed by atoms with Crippen molar-refractivity contribution in [2.24, 2.45) is 0 Å². The molecule has 0 spiro atoms. The fourth-order valence-corrected chi connectivity index (χ4v) is 8.55. The molecular weight excluding hydrogens is 932 g/mol. The zero-order chi connectivity index (χ0) is 39.6. The van der Waals surface area contributed by atoms with Gasteiger partial charge in [0.1, 0.15) is 11.4 Å². The first-order chi connectivity index (χ1) is 29.7. The van der Waals surface area contributed by atoms with E-state index in [-0.39, 0.29) is 21.1 Å². The summed E-state index contributed by atoms with van der Waals surface area (Å²) in [6.07, 6.45) is 5.55. The van der Waals surface area contributed by atoms with Crippen molar-refractivity contribution in [1.29, 1.82) is 0 Å². The number of aromatic nitrogens is 4. The van der Waals surface area contributed by atoms with Gasteiger partial charge in [-0.05, 0) is 51.5 Å². The van der Waals surface area contributed by atoms with Crippen LogP contribution in [-0.2, 0) is 21.1 Å². The number of furan rings is 1. The average Bonchev–Trinajstić information content (AvgIpc) is 3.99. The summed E-state index contributed by atoms with van der Waals surface area (Å²) >= 11 is 0. The van der Waals surface area contributed by atoms with Gasteiger partial charge in [0, 0.05) is 48.9 Å². The van der Waals surface area contributed by atoms with E-state index in [1.807, 2.05) is 42.5 Å². The van der Waals surface area contributed by atoms with Gasteiger partial charge in [0.25, 0.3) is 6.33 Å². The van der Waals surface area contributed by atoms with Crippen LogP contribution in [0.2, 0.25) is 0 Å². The van der Waals surface area contributed by atoms with Crippen LogP contribution in [0.5, 0.6) is 11.5 Å². The van der Waals surface area contributed by atoms with Crippen molar-refractivity contribution in [2.75, 3.05) is 0 Å². The van der Waals surface area contributed by atoms with E-state index in [0.717, 1.165) is 94.2 Å².